The van der Waals surface area contributed by atoms with E-state index in [0.29, 0.717) is 11.2 Å². The van der Waals surface area contributed by atoms with E-state index in [9.17, 15) is 10.2 Å². The van der Waals surface area contributed by atoms with Crippen LogP contribution in [0, 0.1) is 0 Å². The van der Waals surface area contributed by atoms with Crippen molar-refractivity contribution >= 4 is 41.5 Å². The molecule has 8 nitrogen and oxygen atoms in total. The minimum atomic E-state index is -2.84. The highest BCUT2D eigenvalue weighted by molar-refractivity contribution is 6.99. The molecule has 1 fully saturated rings. The van der Waals surface area contributed by atoms with Gasteiger partial charge < -0.3 is 19.4 Å². The molecule has 36 heavy (non-hydrogen) atoms. The highest BCUT2D eigenvalue weighted by Gasteiger charge is 2.52. The van der Waals surface area contributed by atoms with E-state index in [0.717, 1.165) is 10.4 Å². The van der Waals surface area contributed by atoms with Crippen molar-refractivity contribution in [1.82, 2.24) is 19.5 Å². The standard InChI is InChI=1S/C26H29ClN4O4Si/c1-26(2,3)36(17-10-6-4-7-11-17,18-12-8-5-9-13-18)34-14-19-21(32)22(33)25(35-19)31-16-30-20-23(27)28-15-29-24(20)31/h4-13,15-16,19,21-22,25,32-33H,14H2,1-3H3/t19-,21-,22-,25-/m1/s1. The van der Waals surface area contributed by atoms with Crippen molar-refractivity contribution < 1.29 is 19.4 Å². The number of aliphatic hydroxyl groups excluding tert-OH is 2. The largest absolute Gasteiger partial charge is 0.405 e. The Morgan fingerprint density at radius 2 is 1.56 bits per heavy atom. The molecule has 1 aliphatic heterocycles. The van der Waals surface area contributed by atoms with Gasteiger partial charge in [0.1, 0.15) is 30.2 Å². The lowest BCUT2D eigenvalue weighted by atomic mass is 10.1. The summed E-state index contributed by atoms with van der Waals surface area (Å²) < 4.78 is 14.7. The van der Waals surface area contributed by atoms with Crippen LogP contribution in [0.2, 0.25) is 10.2 Å². The average Bonchev–Trinajstić information content (AvgIpc) is 3.42. The van der Waals surface area contributed by atoms with Gasteiger partial charge in [-0.05, 0) is 15.4 Å². The van der Waals surface area contributed by atoms with E-state index in [1.54, 1.807) is 4.57 Å². The molecule has 0 unspecified atom stereocenters. The predicted molar refractivity (Wildman–Crippen MR) is 140 cm³/mol. The number of rotatable bonds is 6. The van der Waals surface area contributed by atoms with Gasteiger partial charge in [0.25, 0.3) is 8.32 Å². The summed E-state index contributed by atoms with van der Waals surface area (Å²) in [6, 6.07) is 20.5. The van der Waals surface area contributed by atoms with Crippen molar-refractivity contribution in [3.8, 4) is 0 Å². The number of nitrogens with zero attached hydrogens (tertiary/aromatic N) is 4. The fourth-order valence-electron chi connectivity index (χ4n) is 5.07. The van der Waals surface area contributed by atoms with Crippen LogP contribution in [0.15, 0.2) is 73.3 Å². The first kappa shape index (κ1) is 25.0. The Hall–Kier alpha value is -2.66. The third-order valence-electron chi connectivity index (χ3n) is 6.81. The van der Waals surface area contributed by atoms with Crippen LogP contribution >= 0.6 is 11.6 Å². The molecule has 3 heterocycles. The zero-order valence-corrected chi connectivity index (χ0v) is 22.1. The van der Waals surface area contributed by atoms with Crippen LogP contribution in [0.5, 0.6) is 0 Å². The predicted octanol–water partition coefficient (Wildman–Crippen LogP) is 2.68. The summed E-state index contributed by atoms with van der Waals surface area (Å²) in [7, 11) is -2.84. The topological polar surface area (TPSA) is 103 Å². The maximum Gasteiger partial charge on any atom is 0.261 e. The molecule has 1 saturated heterocycles. The molecule has 10 heteroatoms. The molecule has 4 aromatic rings. The highest BCUT2D eigenvalue weighted by Crippen LogP contribution is 2.38. The molecule has 188 valence electrons. The Morgan fingerprint density at radius 3 is 2.14 bits per heavy atom. The maximum atomic E-state index is 11.0. The molecule has 4 atom stereocenters. The van der Waals surface area contributed by atoms with Crippen LogP contribution in [0.4, 0.5) is 0 Å². The first-order valence-corrected chi connectivity index (χ1v) is 14.1. The molecule has 0 spiro atoms. The van der Waals surface area contributed by atoms with Gasteiger partial charge in [0.15, 0.2) is 17.0 Å². The fraction of sp³-hybridized carbons (Fsp3) is 0.346. The lowest BCUT2D eigenvalue weighted by molar-refractivity contribution is -0.0486. The van der Waals surface area contributed by atoms with Gasteiger partial charge in [0, 0.05) is 0 Å². The third-order valence-corrected chi connectivity index (χ3v) is 12.1. The van der Waals surface area contributed by atoms with Crippen molar-refractivity contribution in [3.63, 3.8) is 0 Å². The zero-order valence-electron chi connectivity index (χ0n) is 20.3. The number of ether oxygens (including phenoxy) is 1. The second-order valence-corrected chi connectivity index (χ2v) is 14.7. The van der Waals surface area contributed by atoms with Crippen molar-refractivity contribution in [1.29, 1.82) is 0 Å². The Labute approximate surface area is 215 Å². The van der Waals surface area contributed by atoms with Crippen LogP contribution in [-0.4, -0.2) is 63.0 Å². The molecular formula is C26H29ClN4O4Si. The second-order valence-electron chi connectivity index (χ2n) is 10.0. The molecule has 0 radical (unpaired) electrons. The lowest BCUT2D eigenvalue weighted by Gasteiger charge is -2.43. The molecular weight excluding hydrogens is 496 g/mol. The third kappa shape index (κ3) is 4.15. The SMILES string of the molecule is CC(C)(C)[Si](OC[C@H]1O[C@@H](n2cnc3c(Cl)ncnc32)[C@H](O)[C@@H]1O)(c1ccccc1)c1ccccc1. The summed E-state index contributed by atoms with van der Waals surface area (Å²) >= 11 is 6.13. The van der Waals surface area contributed by atoms with Gasteiger partial charge in [0.05, 0.1) is 12.9 Å². The smallest absolute Gasteiger partial charge is 0.261 e. The van der Waals surface area contributed by atoms with Crippen LogP contribution < -0.4 is 10.4 Å². The Morgan fingerprint density at radius 1 is 0.944 bits per heavy atom. The molecule has 0 saturated carbocycles. The van der Waals surface area contributed by atoms with Gasteiger partial charge in [0.2, 0.25) is 0 Å². The van der Waals surface area contributed by atoms with Crippen molar-refractivity contribution in [2.24, 2.45) is 0 Å². The normalized spacial score (nSPS) is 22.8. The summed E-state index contributed by atoms with van der Waals surface area (Å²) in [6.07, 6.45) is -1.22. The van der Waals surface area contributed by atoms with Crippen molar-refractivity contribution in [2.75, 3.05) is 6.61 Å². The highest BCUT2D eigenvalue weighted by atomic mass is 35.5. The van der Waals surface area contributed by atoms with Gasteiger partial charge in [-0.3, -0.25) is 4.57 Å². The van der Waals surface area contributed by atoms with E-state index in [1.807, 2.05) is 36.4 Å². The molecule has 0 aliphatic carbocycles. The van der Waals surface area contributed by atoms with Gasteiger partial charge >= 0.3 is 0 Å². The quantitative estimate of drug-likeness (QED) is 0.295. The van der Waals surface area contributed by atoms with Crippen molar-refractivity contribution in [2.45, 2.75) is 50.3 Å². The van der Waals surface area contributed by atoms with E-state index >= 15 is 0 Å². The maximum absolute atomic E-state index is 11.0. The average molecular weight is 525 g/mol. The second kappa shape index (κ2) is 9.66. The van der Waals surface area contributed by atoms with Crippen LogP contribution in [-0.2, 0) is 9.16 Å². The Balaban J connectivity index is 1.48. The molecule has 2 aromatic heterocycles. The Bertz CT molecular complexity index is 1290. The van der Waals surface area contributed by atoms with E-state index in [4.69, 9.17) is 20.8 Å². The van der Waals surface area contributed by atoms with E-state index in [1.165, 1.54) is 12.7 Å². The van der Waals surface area contributed by atoms with E-state index < -0.39 is 32.9 Å². The summed E-state index contributed by atoms with van der Waals surface area (Å²) in [5.74, 6) is 0. The van der Waals surface area contributed by atoms with Gasteiger partial charge in [-0.1, -0.05) is 93.0 Å². The van der Waals surface area contributed by atoms with Gasteiger partial charge in [-0.25, -0.2) is 15.0 Å². The Kier molecular flexibility index (Phi) is 6.71. The number of imidazole rings is 1. The number of hydrogen-bond donors (Lipinski definition) is 2. The first-order valence-electron chi connectivity index (χ1n) is 11.8. The number of halogens is 1. The summed E-state index contributed by atoms with van der Waals surface area (Å²) in [4.78, 5) is 12.4. The molecule has 0 amide bonds. The number of aliphatic hydroxyl groups is 2. The number of benzene rings is 2. The van der Waals surface area contributed by atoms with E-state index in [2.05, 4.69) is 60.0 Å². The number of aromatic nitrogens is 4. The number of hydrogen-bond acceptors (Lipinski definition) is 7. The minimum Gasteiger partial charge on any atom is -0.405 e. The van der Waals surface area contributed by atoms with Crippen LogP contribution in [0.25, 0.3) is 11.2 Å². The summed E-state index contributed by atoms with van der Waals surface area (Å²) in [5, 5.41) is 24.1. The molecule has 2 aromatic carbocycles. The number of fused-ring (bicyclic) bond motifs is 1. The minimum absolute atomic E-state index is 0.102. The van der Waals surface area contributed by atoms with Gasteiger partial charge in [-0.2, -0.15) is 0 Å². The molecule has 1 aliphatic rings. The zero-order chi connectivity index (χ0) is 25.5. The summed E-state index contributed by atoms with van der Waals surface area (Å²) in [6.45, 7) is 6.65. The fourth-order valence-corrected chi connectivity index (χ4v) is 9.82. The molecule has 0 bridgehead atoms. The molecule has 5 rings (SSSR count). The molecule has 2 N–H and O–H groups in total. The monoisotopic (exact) mass is 524 g/mol. The summed E-state index contributed by atoms with van der Waals surface area (Å²) in [5.41, 5.74) is 0.816. The first-order chi connectivity index (χ1) is 17.2. The van der Waals surface area contributed by atoms with Gasteiger partial charge in [-0.15, -0.1) is 0 Å². The van der Waals surface area contributed by atoms with Crippen LogP contribution in [0.3, 0.4) is 0 Å². The lowest BCUT2D eigenvalue weighted by Crippen LogP contribution is -2.67. The van der Waals surface area contributed by atoms with Crippen molar-refractivity contribution in [3.05, 3.63) is 78.5 Å². The van der Waals surface area contributed by atoms with E-state index in [-0.39, 0.29) is 16.8 Å². The van der Waals surface area contributed by atoms with Crippen LogP contribution in [0.1, 0.15) is 27.0 Å².